The third-order valence-corrected chi connectivity index (χ3v) is 10.6. The Balaban J connectivity index is 1.32. The minimum Gasteiger partial charge on any atom is -0.481 e. The summed E-state index contributed by atoms with van der Waals surface area (Å²) in [5, 5.41) is 8.61. The van der Waals surface area contributed by atoms with E-state index in [1.54, 1.807) is 0 Å². The number of benzene rings is 1. The zero-order chi connectivity index (χ0) is 30.3. The van der Waals surface area contributed by atoms with Crippen molar-refractivity contribution in [2.24, 2.45) is 0 Å². The van der Waals surface area contributed by atoms with Gasteiger partial charge in [0, 0.05) is 6.42 Å². The van der Waals surface area contributed by atoms with Gasteiger partial charge in [-0.3, -0.25) is 18.5 Å². The Kier molecular flexibility index (Phi) is 8.66. The quantitative estimate of drug-likeness (QED) is 0.172. The van der Waals surface area contributed by atoms with E-state index in [0.29, 0.717) is 12.1 Å². The number of imidazole rings is 1. The van der Waals surface area contributed by atoms with Gasteiger partial charge in [-0.15, -0.1) is 0 Å². The van der Waals surface area contributed by atoms with Crippen LogP contribution in [0.2, 0.25) is 0 Å². The summed E-state index contributed by atoms with van der Waals surface area (Å²) in [6.07, 6.45) is -3.17. The molecule has 0 amide bonds. The predicted octanol–water partition coefficient (Wildman–Crippen LogP) is 1.18. The average Bonchev–Trinajstić information content (AvgIpc) is 3.55. The van der Waals surface area contributed by atoms with Crippen LogP contribution >= 0.6 is 23.2 Å². The molecule has 42 heavy (non-hydrogen) atoms. The van der Waals surface area contributed by atoms with E-state index >= 15 is 0 Å². The Hall–Kier alpha value is -2.63. The van der Waals surface area contributed by atoms with Crippen molar-refractivity contribution in [3.05, 3.63) is 48.5 Å². The molecule has 1 aromatic carbocycles. The predicted molar refractivity (Wildman–Crippen MR) is 137 cm³/mol. The highest BCUT2D eigenvalue weighted by Crippen LogP contribution is 2.67. The minimum atomic E-state index is -5.76. The number of nitrogen functional groups attached to an aromatic ring is 1. The van der Waals surface area contributed by atoms with E-state index < -0.39 is 72.8 Å². The summed E-state index contributed by atoms with van der Waals surface area (Å²) in [7, 11) is -16.4. The molecule has 19 nitrogen and oxygen atoms in total. The van der Waals surface area contributed by atoms with E-state index in [4.69, 9.17) is 29.6 Å². The Bertz CT molecular complexity index is 1610. The molecule has 4 heterocycles. The maximum atomic E-state index is 12.5. The number of rotatable bonds is 12. The van der Waals surface area contributed by atoms with E-state index in [-0.39, 0.29) is 11.3 Å². The number of hydrogen-bond acceptors (Lipinski definition) is 14. The lowest BCUT2D eigenvalue weighted by Crippen LogP contribution is -2.31. The second-order valence-electron chi connectivity index (χ2n) is 9.05. The number of aromatic nitrogens is 4. The molecule has 0 saturated carbocycles. The summed E-state index contributed by atoms with van der Waals surface area (Å²) in [6, 6.07) is 9.27. The molecule has 228 valence electrons. The van der Waals surface area contributed by atoms with Crippen LogP contribution in [0.3, 0.4) is 0 Å². The largest absolute Gasteiger partial charge is 0.488 e. The van der Waals surface area contributed by atoms with Gasteiger partial charge in [0.1, 0.15) is 36.3 Å². The molecule has 2 saturated heterocycles. The van der Waals surface area contributed by atoms with Gasteiger partial charge in [-0.25, -0.2) is 28.4 Å². The fraction of sp³-hybridized carbons (Fsp3) is 0.400. The van der Waals surface area contributed by atoms with Gasteiger partial charge >= 0.3 is 29.2 Å². The van der Waals surface area contributed by atoms with Crippen LogP contribution in [-0.2, 0) is 52.3 Å². The Morgan fingerprint density at radius 2 is 1.69 bits per heavy atom. The fourth-order valence-corrected chi connectivity index (χ4v) is 8.23. The number of ether oxygens (including phenoxy) is 3. The monoisotopic (exact) mass is 651 g/mol. The van der Waals surface area contributed by atoms with Crippen LogP contribution in [0.5, 0.6) is 0 Å². The topological polar surface area (TPSA) is 274 Å². The van der Waals surface area contributed by atoms with E-state index in [1.807, 2.05) is 30.3 Å². The molecule has 2 aliphatic heterocycles. The van der Waals surface area contributed by atoms with Gasteiger partial charge in [0.25, 0.3) is 0 Å². The van der Waals surface area contributed by atoms with Gasteiger partial charge in [-0.2, -0.15) is 4.31 Å². The number of nitrogens with two attached hydrogens (primary N) is 1. The van der Waals surface area contributed by atoms with Gasteiger partial charge in [-0.05, 0) is 5.56 Å². The molecular formula is C20H24N5O14P3. The first-order valence-electron chi connectivity index (χ1n) is 11.9. The van der Waals surface area contributed by atoms with Crippen molar-refractivity contribution in [3.8, 4) is 0 Å². The van der Waals surface area contributed by atoms with Gasteiger partial charge in [0.2, 0.25) is 0 Å². The molecule has 4 unspecified atom stereocenters. The number of carboxylic acids is 1. The van der Waals surface area contributed by atoms with E-state index in [0.717, 1.165) is 5.56 Å². The average molecular weight is 651 g/mol. The van der Waals surface area contributed by atoms with Crippen LogP contribution < -0.4 is 5.73 Å². The molecule has 5 rings (SSSR count). The molecular weight excluding hydrogens is 627 g/mol. The summed E-state index contributed by atoms with van der Waals surface area (Å²) in [5.74, 6) is -1.72. The van der Waals surface area contributed by atoms with Crippen molar-refractivity contribution < 1.29 is 65.6 Å². The van der Waals surface area contributed by atoms with E-state index in [9.17, 15) is 33.2 Å². The Morgan fingerprint density at radius 3 is 2.40 bits per heavy atom. The molecule has 3 aromatic rings. The smallest absolute Gasteiger partial charge is 0.481 e. The van der Waals surface area contributed by atoms with Gasteiger partial charge < -0.3 is 39.7 Å². The third-order valence-electron chi connectivity index (χ3n) is 5.98. The number of aliphatic carboxylic acids is 1. The summed E-state index contributed by atoms with van der Waals surface area (Å²) < 4.78 is 68.7. The molecule has 0 spiro atoms. The zero-order valence-electron chi connectivity index (χ0n) is 21.1. The first kappa shape index (κ1) is 30.8. The molecule has 8 atom stereocenters. The lowest BCUT2D eigenvalue weighted by atomic mass is 10.1. The molecule has 0 radical (unpaired) electrons. The first-order valence-corrected chi connectivity index (χ1v) is 16.7. The highest BCUT2D eigenvalue weighted by atomic mass is 31.3. The highest BCUT2D eigenvalue weighted by Gasteiger charge is 2.54. The third kappa shape index (κ3) is 7.11. The lowest BCUT2D eigenvalue weighted by molar-refractivity contribution is -0.149. The van der Waals surface area contributed by atoms with Crippen LogP contribution in [0.1, 0.15) is 11.8 Å². The number of nitrogens with zero attached hydrogens (tertiary/aromatic N) is 4. The van der Waals surface area contributed by atoms with E-state index in [1.165, 1.54) is 17.2 Å². The van der Waals surface area contributed by atoms with Crippen molar-refractivity contribution in [1.29, 1.82) is 0 Å². The number of carbonyl (C=O) groups is 1. The maximum Gasteiger partial charge on any atom is 0.488 e. The summed E-state index contributed by atoms with van der Waals surface area (Å²) in [6.45, 7) is -0.761. The summed E-state index contributed by atoms with van der Waals surface area (Å²) >= 11 is 0. The second kappa shape index (κ2) is 11.8. The molecule has 2 aliphatic rings. The SMILES string of the molecule is Nc1ncnc2c1ncn2[C@@H]1O[C@H](COP(=O)(O)OP(=O)(O)OP(=O)(O)CC(=O)O)[C@@H]2OC(Cc3ccccc3)O[C@@H]21. The van der Waals surface area contributed by atoms with Crippen LogP contribution in [0, 0.1) is 0 Å². The zero-order valence-corrected chi connectivity index (χ0v) is 23.8. The number of phosphoric ester groups is 1. The van der Waals surface area contributed by atoms with Gasteiger partial charge in [0.05, 0.1) is 12.9 Å². The normalized spacial score (nSPS) is 28.1. The van der Waals surface area contributed by atoms with Crippen LogP contribution in [0.25, 0.3) is 11.2 Å². The minimum absolute atomic E-state index is 0.114. The number of carboxylic acid groups (broad SMARTS) is 1. The molecule has 2 fully saturated rings. The summed E-state index contributed by atoms with van der Waals surface area (Å²) in [4.78, 5) is 52.1. The maximum absolute atomic E-state index is 12.5. The molecule has 0 aliphatic carbocycles. The molecule has 6 N–H and O–H groups in total. The molecule has 0 bridgehead atoms. The van der Waals surface area contributed by atoms with Crippen LogP contribution in [0.15, 0.2) is 43.0 Å². The number of phosphoric acid groups is 2. The van der Waals surface area contributed by atoms with Crippen molar-refractivity contribution in [3.63, 3.8) is 0 Å². The Morgan fingerprint density at radius 1 is 0.976 bits per heavy atom. The van der Waals surface area contributed by atoms with Crippen molar-refractivity contribution in [2.75, 3.05) is 18.5 Å². The Labute approximate surface area is 235 Å². The number of hydrogen-bond donors (Lipinski definition) is 5. The number of anilines is 1. The first-order chi connectivity index (χ1) is 19.7. The fourth-order valence-electron chi connectivity index (χ4n) is 4.41. The van der Waals surface area contributed by atoms with Crippen LogP contribution in [-0.4, -0.2) is 82.6 Å². The van der Waals surface area contributed by atoms with E-state index in [2.05, 4.69) is 23.6 Å². The number of fused-ring (bicyclic) bond motifs is 2. The van der Waals surface area contributed by atoms with Crippen molar-refractivity contribution >= 4 is 46.2 Å². The van der Waals surface area contributed by atoms with Crippen LogP contribution in [0.4, 0.5) is 5.82 Å². The standard InChI is InChI=1S/C20H24N5O14P3/c21-18-15-19(23-9-22-18)25(10-24-15)20-17-16(36-14(37-17)6-11-4-2-1-3-5-11)12(35-20)7-34-41(30,31)39-42(32,33)38-40(28,29)8-13(26)27/h1-5,9-10,12,14,16-17,20H,6-8H2,(H,26,27)(H,28,29)(H,30,31)(H,32,33)(H2,21,22,23)/t12-,14?,16+,17+,20-/m1/s1. The second-order valence-corrected chi connectivity index (χ2v) is 14.1. The van der Waals surface area contributed by atoms with Crippen molar-refractivity contribution in [2.45, 2.75) is 37.3 Å². The van der Waals surface area contributed by atoms with Gasteiger partial charge in [0.15, 0.2) is 24.0 Å². The molecule has 2 aromatic heterocycles. The lowest BCUT2D eigenvalue weighted by Gasteiger charge is -2.22. The van der Waals surface area contributed by atoms with Crippen molar-refractivity contribution in [1.82, 2.24) is 19.5 Å². The van der Waals surface area contributed by atoms with Gasteiger partial charge in [-0.1, -0.05) is 30.3 Å². The highest BCUT2D eigenvalue weighted by molar-refractivity contribution is 7.68. The summed E-state index contributed by atoms with van der Waals surface area (Å²) in [5.41, 5.74) is 7.37. The molecule has 22 heteroatoms.